The van der Waals surface area contributed by atoms with Gasteiger partial charge >= 0.3 is 5.97 Å². The Balaban J connectivity index is 1.53. The van der Waals surface area contributed by atoms with Crippen molar-refractivity contribution in [2.24, 2.45) is 0 Å². The van der Waals surface area contributed by atoms with Crippen molar-refractivity contribution >= 4 is 22.9 Å². The van der Waals surface area contributed by atoms with E-state index < -0.39 is 5.97 Å². The van der Waals surface area contributed by atoms with E-state index in [1.807, 2.05) is 35.8 Å². The first-order valence-corrected chi connectivity index (χ1v) is 9.56. The summed E-state index contributed by atoms with van der Waals surface area (Å²) >= 11 is 0. The van der Waals surface area contributed by atoms with Crippen LogP contribution in [-0.4, -0.2) is 34.1 Å². The number of ether oxygens (including phenoxy) is 1. The lowest BCUT2D eigenvalue weighted by molar-refractivity contribution is -0.149. The molecule has 0 aliphatic heterocycles. The molecule has 1 heterocycles. The molecule has 1 aliphatic carbocycles. The lowest BCUT2D eigenvalue weighted by atomic mass is 10.1. The minimum Gasteiger partial charge on any atom is -0.454 e. The first kappa shape index (κ1) is 18.4. The molecule has 0 saturated heterocycles. The number of amides is 1. The van der Waals surface area contributed by atoms with E-state index in [2.05, 4.69) is 10.3 Å². The third-order valence-corrected chi connectivity index (χ3v) is 4.92. The van der Waals surface area contributed by atoms with Gasteiger partial charge < -0.3 is 14.6 Å². The maximum Gasteiger partial charge on any atom is 0.326 e. The molecule has 1 amide bonds. The van der Waals surface area contributed by atoms with Gasteiger partial charge in [-0.05, 0) is 25.0 Å². The summed E-state index contributed by atoms with van der Waals surface area (Å²) < 4.78 is 7.06. The van der Waals surface area contributed by atoms with Crippen molar-refractivity contribution in [3.63, 3.8) is 0 Å². The van der Waals surface area contributed by atoms with Gasteiger partial charge in [0.2, 0.25) is 0 Å². The lowest BCUT2D eigenvalue weighted by Gasteiger charge is -2.16. The maximum atomic E-state index is 12.2. The number of hydrogen-bond acceptors (Lipinski definition) is 4. The van der Waals surface area contributed by atoms with E-state index in [0.717, 1.165) is 49.0 Å². The first-order chi connectivity index (χ1) is 12.7. The van der Waals surface area contributed by atoms with Gasteiger partial charge in [-0.3, -0.25) is 9.59 Å². The molecule has 6 nitrogen and oxygen atoms in total. The second-order valence-electron chi connectivity index (χ2n) is 6.87. The number of imidazole rings is 1. The Kier molecular flexibility index (Phi) is 6.26. The van der Waals surface area contributed by atoms with E-state index in [1.165, 1.54) is 12.8 Å². The van der Waals surface area contributed by atoms with Crippen LogP contribution in [0.2, 0.25) is 0 Å². The van der Waals surface area contributed by atoms with Crippen LogP contribution in [0.15, 0.2) is 24.3 Å². The summed E-state index contributed by atoms with van der Waals surface area (Å²) in [5.41, 5.74) is 1.77. The van der Waals surface area contributed by atoms with E-state index in [-0.39, 0.29) is 25.1 Å². The summed E-state index contributed by atoms with van der Waals surface area (Å²) in [6, 6.07) is 7.93. The van der Waals surface area contributed by atoms with E-state index >= 15 is 0 Å². The number of rotatable bonds is 6. The quantitative estimate of drug-likeness (QED) is 0.637. The second-order valence-corrected chi connectivity index (χ2v) is 6.87. The largest absolute Gasteiger partial charge is 0.454 e. The van der Waals surface area contributed by atoms with E-state index in [9.17, 15) is 9.59 Å². The summed E-state index contributed by atoms with van der Waals surface area (Å²) in [7, 11) is 0. The molecule has 1 saturated carbocycles. The molecule has 1 aliphatic rings. The van der Waals surface area contributed by atoms with Crippen molar-refractivity contribution in [2.45, 2.75) is 64.5 Å². The zero-order valence-corrected chi connectivity index (χ0v) is 15.4. The molecular weight excluding hydrogens is 330 g/mol. The predicted octanol–water partition coefficient (Wildman–Crippen LogP) is 2.98. The summed E-state index contributed by atoms with van der Waals surface area (Å²) in [6.07, 6.45) is 7.53. The van der Waals surface area contributed by atoms with Gasteiger partial charge in [0, 0.05) is 12.5 Å². The average molecular weight is 357 g/mol. The van der Waals surface area contributed by atoms with Crippen LogP contribution in [0, 0.1) is 0 Å². The summed E-state index contributed by atoms with van der Waals surface area (Å²) in [4.78, 5) is 28.8. The smallest absolute Gasteiger partial charge is 0.326 e. The molecule has 0 unspecified atom stereocenters. The molecule has 1 aromatic heterocycles. The molecule has 1 aromatic carbocycles. The van der Waals surface area contributed by atoms with Gasteiger partial charge in [0.25, 0.3) is 5.91 Å². The van der Waals surface area contributed by atoms with Crippen LogP contribution in [0.3, 0.4) is 0 Å². The fourth-order valence-corrected chi connectivity index (χ4v) is 3.59. The average Bonchev–Trinajstić information content (AvgIpc) is 2.80. The number of aryl methyl sites for hydroxylation is 1. The van der Waals surface area contributed by atoms with Gasteiger partial charge in [0.1, 0.15) is 12.4 Å². The van der Waals surface area contributed by atoms with Gasteiger partial charge in [0.05, 0.1) is 11.0 Å². The molecule has 6 heteroatoms. The fraction of sp³-hybridized carbons (Fsp3) is 0.550. The third-order valence-electron chi connectivity index (χ3n) is 4.92. The van der Waals surface area contributed by atoms with Crippen molar-refractivity contribution in [3.8, 4) is 0 Å². The molecule has 3 rings (SSSR count). The number of fused-ring (bicyclic) bond motifs is 1. The molecule has 2 aromatic rings. The minimum absolute atomic E-state index is 0.0698. The van der Waals surface area contributed by atoms with Crippen molar-refractivity contribution in [2.75, 3.05) is 6.61 Å². The standard InChI is InChI=1S/C20H27N3O3/c1-2-18-22-16-11-7-8-12-17(16)23(18)13-20(25)26-14-19(24)21-15-9-5-3-4-6-10-15/h7-8,11-12,15H,2-6,9-10,13-14H2,1H3,(H,21,24). The highest BCUT2D eigenvalue weighted by molar-refractivity contribution is 5.82. The van der Waals surface area contributed by atoms with Gasteiger partial charge in [0.15, 0.2) is 6.61 Å². The molecule has 0 radical (unpaired) electrons. The van der Waals surface area contributed by atoms with Crippen LogP contribution in [-0.2, 0) is 27.3 Å². The minimum atomic E-state index is -0.418. The number of esters is 1. The molecule has 140 valence electrons. The molecule has 1 N–H and O–H groups in total. The van der Waals surface area contributed by atoms with E-state index in [4.69, 9.17) is 4.74 Å². The Labute approximate surface area is 153 Å². The molecule has 0 bridgehead atoms. The number of aromatic nitrogens is 2. The lowest BCUT2D eigenvalue weighted by Crippen LogP contribution is -2.37. The zero-order chi connectivity index (χ0) is 18.4. The number of carbonyl (C=O) groups excluding carboxylic acids is 2. The predicted molar refractivity (Wildman–Crippen MR) is 99.7 cm³/mol. The van der Waals surface area contributed by atoms with Crippen molar-refractivity contribution < 1.29 is 14.3 Å². The summed E-state index contributed by atoms with van der Waals surface area (Å²) in [5, 5.41) is 2.99. The number of nitrogens with zero attached hydrogens (tertiary/aromatic N) is 2. The van der Waals surface area contributed by atoms with E-state index in [1.54, 1.807) is 0 Å². The second kappa shape index (κ2) is 8.83. The number of nitrogens with one attached hydrogen (secondary N) is 1. The van der Waals surface area contributed by atoms with Crippen LogP contribution in [0.4, 0.5) is 0 Å². The number of hydrogen-bond donors (Lipinski definition) is 1. The van der Waals surface area contributed by atoms with Gasteiger partial charge in [-0.15, -0.1) is 0 Å². The number of carbonyl (C=O) groups is 2. The molecule has 0 atom stereocenters. The van der Waals surface area contributed by atoms with Gasteiger partial charge in [-0.1, -0.05) is 44.7 Å². The molecular formula is C20H27N3O3. The fourth-order valence-electron chi connectivity index (χ4n) is 3.59. The highest BCUT2D eigenvalue weighted by atomic mass is 16.5. The van der Waals surface area contributed by atoms with Crippen molar-refractivity contribution in [1.29, 1.82) is 0 Å². The molecule has 26 heavy (non-hydrogen) atoms. The Morgan fingerprint density at radius 1 is 1.19 bits per heavy atom. The van der Waals surface area contributed by atoms with Crippen LogP contribution in [0.25, 0.3) is 11.0 Å². The Morgan fingerprint density at radius 2 is 1.92 bits per heavy atom. The van der Waals surface area contributed by atoms with Crippen LogP contribution in [0.1, 0.15) is 51.3 Å². The summed E-state index contributed by atoms with van der Waals surface area (Å²) in [6.45, 7) is 1.85. The highest BCUT2D eigenvalue weighted by Gasteiger charge is 2.17. The highest BCUT2D eigenvalue weighted by Crippen LogP contribution is 2.18. The normalized spacial score (nSPS) is 15.6. The van der Waals surface area contributed by atoms with Gasteiger partial charge in [-0.2, -0.15) is 0 Å². The number of para-hydroxylation sites is 2. The van der Waals surface area contributed by atoms with Crippen LogP contribution >= 0.6 is 0 Å². The van der Waals surface area contributed by atoms with Gasteiger partial charge in [-0.25, -0.2) is 4.98 Å². The third kappa shape index (κ3) is 4.62. The first-order valence-electron chi connectivity index (χ1n) is 9.56. The monoisotopic (exact) mass is 357 g/mol. The maximum absolute atomic E-state index is 12.2. The Hall–Kier alpha value is -2.37. The number of benzene rings is 1. The topological polar surface area (TPSA) is 73.2 Å². The van der Waals surface area contributed by atoms with Crippen LogP contribution in [0.5, 0.6) is 0 Å². The Bertz CT molecular complexity index is 761. The van der Waals surface area contributed by atoms with Crippen molar-refractivity contribution in [3.05, 3.63) is 30.1 Å². The van der Waals surface area contributed by atoms with Crippen LogP contribution < -0.4 is 5.32 Å². The summed E-state index contributed by atoms with van der Waals surface area (Å²) in [5.74, 6) is 0.210. The Morgan fingerprint density at radius 3 is 2.65 bits per heavy atom. The zero-order valence-electron chi connectivity index (χ0n) is 15.4. The molecule has 1 fully saturated rings. The van der Waals surface area contributed by atoms with E-state index in [0.29, 0.717) is 0 Å². The van der Waals surface area contributed by atoms with Crippen molar-refractivity contribution in [1.82, 2.24) is 14.9 Å². The molecule has 0 spiro atoms. The SMILES string of the molecule is CCc1nc2ccccc2n1CC(=O)OCC(=O)NC1CCCCCC1.